The monoisotopic (exact) mass is 322 g/mol. The Kier molecular flexibility index (Phi) is 4.96. The van der Waals surface area contributed by atoms with Gasteiger partial charge in [-0.25, -0.2) is 0 Å². The summed E-state index contributed by atoms with van der Waals surface area (Å²) in [5.74, 6) is 0.763. The average Bonchev–Trinajstić information content (AvgIpc) is 3.10. The van der Waals surface area contributed by atoms with E-state index in [9.17, 15) is 4.79 Å². The molecule has 2 heterocycles. The van der Waals surface area contributed by atoms with Crippen LogP contribution < -0.4 is 5.32 Å². The first-order valence-electron chi connectivity index (χ1n) is 7.86. The van der Waals surface area contributed by atoms with Crippen LogP contribution >= 0.6 is 0 Å². The van der Waals surface area contributed by atoms with E-state index in [1.165, 1.54) is 5.56 Å². The molecule has 6 nitrogen and oxygen atoms in total. The lowest BCUT2D eigenvalue weighted by molar-refractivity contribution is -0.116. The maximum Gasteiger partial charge on any atom is 0.249 e. The van der Waals surface area contributed by atoms with Crippen molar-refractivity contribution in [3.05, 3.63) is 60.2 Å². The highest BCUT2D eigenvalue weighted by molar-refractivity contribution is 5.90. The van der Waals surface area contributed by atoms with Crippen molar-refractivity contribution in [1.82, 2.24) is 15.2 Å². The molecule has 122 valence electrons. The molecule has 0 saturated heterocycles. The van der Waals surface area contributed by atoms with Crippen LogP contribution in [0, 0.1) is 0 Å². The molecule has 0 saturated carbocycles. The molecule has 3 aromatic rings. The van der Waals surface area contributed by atoms with Gasteiger partial charge >= 0.3 is 0 Å². The van der Waals surface area contributed by atoms with Crippen LogP contribution in [0.3, 0.4) is 0 Å². The van der Waals surface area contributed by atoms with Crippen molar-refractivity contribution >= 4 is 11.6 Å². The van der Waals surface area contributed by atoms with Gasteiger partial charge in [0, 0.05) is 30.9 Å². The van der Waals surface area contributed by atoms with Gasteiger partial charge in [0.15, 0.2) is 0 Å². The first-order valence-corrected chi connectivity index (χ1v) is 7.86. The molecule has 1 N–H and O–H groups in total. The highest BCUT2D eigenvalue weighted by Gasteiger charge is 2.10. The number of carbonyl (C=O) groups excluding carboxylic acids is 1. The summed E-state index contributed by atoms with van der Waals surface area (Å²) in [7, 11) is 0. The zero-order valence-corrected chi connectivity index (χ0v) is 13.4. The Morgan fingerprint density at radius 1 is 1.17 bits per heavy atom. The van der Waals surface area contributed by atoms with Crippen LogP contribution in [0.25, 0.3) is 11.5 Å². The molecule has 0 aliphatic rings. The number of hydrogen-bond acceptors (Lipinski definition) is 5. The van der Waals surface area contributed by atoms with Crippen LogP contribution in [0.4, 0.5) is 5.69 Å². The zero-order chi connectivity index (χ0) is 16.8. The molecule has 2 aromatic heterocycles. The van der Waals surface area contributed by atoms with Gasteiger partial charge < -0.3 is 9.73 Å². The standard InChI is InChI=1S/C18H18N4O2/c1-2-13-5-7-15(8-6-13)20-16(23)9-10-17-21-22-18(24-17)14-4-3-11-19-12-14/h3-8,11-12H,2,9-10H2,1H3,(H,20,23). The van der Waals surface area contributed by atoms with Gasteiger partial charge in [0.05, 0.1) is 5.56 Å². The number of anilines is 1. The van der Waals surface area contributed by atoms with Gasteiger partial charge in [-0.2, -0.15) is 0 Å². The molecule has 0 spiro atoms. The molecule has 24 heavy (non-hydrogen) atoms. The van der Waals surface area contributed by atoms with E-state index < -0.39 is 0 Å². The van der Waals surface area contributed by atoms with Crippen molar-refractivity contribution in [2.45, 2.75) is 26.2 Å². The highest BCUT2D eigenvalue weighted by Crippen LogP contribution is 2.17. The van der Waals surface area contributed by atoms with Gasteiger partial charge in [0.2, 0.25) is 17.7 Å². The second-order valence-corrected chi connectivity index (χ2v) is 5.34. The number of aromatic nitrogens is 3. The third-order valence-corrected chi connectivity index (χ3v) is 3.59. The lowest BCUT2D eigenvalue weighted by Gasteiger charge is -2.05. The normalized spacial score (nSPS) is 10.5. The minimum absolute atomic E-state index is 0.0830. The van der Waals surface area contributed by atoms with Gasteiger partial charge in [-0.3, -0.25) is 9.78 Å². The van der Waals surface area contributed by atoms with Gasteiger partial charge in [-0.15, -0.1) is 10.2 Å². The second-order valence-electron chi connectivity index (χ2n) is 5.34. The molecule has 0 fully saturated rings. The fraction of sp³-hybridized carbons (Fsp3) is 0.222. The fourth-order valence-electron chi connectivity index (χ4n) is 2.23. The Bertz CT molecular complexity index is 797. The number of nitrogens with one attached hydrogen (secondary N) is 1. The SMILES string of the molecule is CCc1ccc(NC(=O)CCc2nnc(-c3cccnc3)o2)cc1. The molecule has 0 aliphatic heterocycles. The average molecular weight is 322 g/mol. The summed E-state index contributed by atoms with van der Waals surface area (Å²) in [5, 5.41) is 10.8. The minimum Gasteiger partial charge on any atom is -0.421 e. The maximum absolute atomic E-state index is 12.0. The van der Waals surface area contributed by atoms with E-state index in [0.717, 1.165) is 17.7 Å². The number of aryl methyl sites for hydroxylation is 2. The van der Waals surface area contributed by atoms with Gasteiger partial charge in [0.1, 0.15) is 0 Å². The summed E-state index contributed by atoms with van der Waals surface area (Å²) in [6.07, 6.45) is 4.99. The Balaban J connectivity index is 1.53. The lowest BCUT2D eigenvalue weighted by atomic mass is 10.1. The lowest BCUT2D eigenvalue weighted by Crippen LogP contribution is -2.12. The van der Waals surface area contributed by atoms with Crippen LogP contribution in [-0.4, -0.2) is 21.1 Å². The van der Waals surface area contributed by atoms with E-state index in [2.05, 4.69) is 27.4 Å². The Morgan fingerprint density at radius 3 is 2.71 bits per heavy atom. The summed E-state index contributed by atoms with van der Waals surface area (Å²) < 4.78 is 5.56. The van der Waals surface area contributed by atoms with E-state index >= 15 is 0 Å². The highest BCUT2D eigenvalue weighted by atomic mass is 16.4. The smallest absolute Gasteiger partial charge is 0.249 e. The van der Waals surface area contributed by atoms with Crippen molar-refractivity contribution in [3.8, 4) is 11.5 Å². The second kappa shape index (κ2) is 7.50. The van der Waals surface area contributed by atoms with E-state index in [1.807, 2.05) is 30.3 Å². The van der Waals surface area contributed by atoms with Crippen molar-refractivity contribution in [2.75, 3.05) is 5.32 Å². The third kappa shape index (κ3) is 4.04. The van der Waals surface area contributed by atoms with Crippen molar-refractivity contribution in [1.29, 1.82) is 0 Å². The van der Waals surface area contributed by atoms with Crippen LogP contribution in [0.2, 0.25) is 0 Å². The molecule has 0 bridgehead atoms. The Morgan fingerprint density at radius 2 is 2.00 bits per heavy atom. The summed E-state index contributed by atoms with van der Waals surface area (Å²) in [4.78, 5) is 16.0. The number of rotatable bonds is 6. The topological polar surface area (TPSA) is 80.9 Å². The third-order valence-electron chi connectivity index (χ3n) is 3.59. The number of carbonyl (C=O) groups is 1. The molecule has 1 aromatic carbocycles. The molecule has 6 heteroatoms. The first kappa shape index (κ1) is 15.9. The van der Waals surface area contributed by atoms with Crippen LogP contribution in [0.15, 0.2) is 53.2 Å². The van der Waals surface area contributed by atoms with E-state index in [4.69, 9.17) is 4.42 Å². The summed E-state index contributed by atoms with van der Waals surface area (Å²) in [6, 6.07) is 11.5. The number of benzene rings is 1. The first-order chi connectivity index (χ1) is 11.7. The summed E-state index contributed by atoms with van der Waals surface area (Å²) in [6.45, 7) is 2.09. The van der Waals surface area contributed by atoms with Gasteiger partial charge in [-0.05, 0) is 36.2 Å². The van der Waals surface area contributed by atoms with Gasteiger partial charge in [-0.1, -0.05) is 19.1 Å². The maximum atomic E-state index is 12.0. The van der Waals surface area contributed by atoms with Crippen molar-refractivity contribution in [2.24, 2.45) is 0 Å². The van der Waals surface area contributed by atoms with Crippen LogP contribution in [0.1, 0.15) is 24.8 Å². The number of nitrogens with zero attached hydrogens (tertiary/aromatic N) is 3. The molecule has 1 amide bonds. The summed E-state index contributed by atoms with van der Waals surface area (Å²) >= 11 is 0. The van der Waals surface area contributed by atoms with E-state index in [0.29, 0.717) is 18.2 Å². The minimum atomic E-state index is -0.0830. The Hall–Kier alpha value is -3.02. The summed E-state index contributed by atoms with van der Waals surface area (Å²) in [5.41, 5.74) is 2.79. The quantitative estimate of drug-likeness (QED) is 0.753. The van der Waals surface area contributed by atoms with Crippen molar-refractivity contribution in [3.63, 3.8) is 0 Å². The number of hydrogen-bond donors (Lipinski definition) is 1. The molecule has 0 aliphatic carbocycles. The van der Waals surface area contributed by atoms with E-state index in [1.54, 1.807) is 18.5 Å². The largest absolute Gasteiger partial charge is 0.421 e. The zero-order valence-electron chi connectivity index (χ0n) is 13.4. The molecule has 0 atom stereocenters. The van der Waals surface area contributed by atoms with Crippen LogP contribution in [0.5, 0.6) is 0 Å². The molecular formula is C18H18N4O2. The molecule has 3 rings (SSSR count). The Labute approximate surface area is 140 Å². The molecule has 0 radical (unpaired) electrons. The van der Waals surface area contributed by atoms with Crippen molar-refractivity contribution < 1.29 is 9.21 Å². The fourth-order valence-corrected chi connectivity index (χ4v) is 2.23. The predicted molar refractivity (Wildman–Crippen MR) is 90.3 cm³/mol. The molecule has 0 unspecified atom stereocenters. The van der Waals surface area contributed by atoms with Gasteiger partial charge in [0.25, 0.3) is 0 Å². The van der Waals surface area contributed by atoms with E-state index in [-0.39, 0.29) is 12.3 Å². The molecular weight excluding hydrogens is 304 g/mol. The number of amides is 1. The predicted octanol–water partition coefficient (Wildman–Crippen LogP) is 3.27. The number of pyridine rings is 1. The van der Waals surface area contributed by atoms with Crippen LogP contribution in [-0.2, 0) is 17.6 Å².